The zero-order valence-electron chi connectivity index (χ0n) is 20.5. The second-order valence-corrected chi connectivity index (χ2v) is 9.64. The monoisotopic (exact) mass is 455 g/mol. The summed E-state index contributed by atoms with van der Waals surface area (Å²) in [5.74, 6) is 1.71. The molecular weight excluding hydrogens is 422 g/mol. The topological polar surface area (TPSA) is 56.1 Å². The number of nitrogens with zero attached hydrogens (tertiary/aromatic N) is 2. The molecule has 4 rings (SSSR count). The highest BCUT2D eigenvalue weighted by Crippen LogP contribution is 2.24. The number of carbonyl (C=O) groups is 1. The van der Waals surface area contributed by atoms with Crippen molar-refractivity contribution >= 4 is 16.9 Å². The van der Waals surface area contributed by atoms with Gasteiger partial charge in [0.15, 0.2) is 0 Å². The molecular formula is C29H33N3O2. The van der Waals surface area contributed by atoms with Crippen LogP contribution in [0.15, 0.2) is 72.8 Å². The predicted molar refractivity (Wildman–Crippen MR) is 138 cm³/mol. The van der Waals surface area contributed by atoms with Crippen LogP contribution < -0.4 is 10.1 Å². The van der Waals surface area contributed by atoms with Gasteiger partial charge < -0.3 is 14.6 Å². The number of hydrogen-bond acceptors (Lipinski definition) is 3. The number of imidazole rings is 1. The normalized spacial score (nSPS) is 11.5. The lowest BCUT2D eigenvalue weighted by molar-refractivity contribution is 0.0953. The van der Waals surface area contributed by atoms with Crippen molar-refractivity contribution in [2.75, 3.05) is 13.7 Å². The van der Waals surface area contributed by atoms with Crippen LogP contribution >= 0.6 is 0 Å². The molecule has 176 valence electrons. The first kappa shape index (κ1) is 23.6. The van der Waals surface area contributed by atoms with Crippen molar-refractivity contribution in [2.24, 2.45) is 0 Å². The van der Waals surface area contributed by atoms with E-state index in [4.69, 9.17) is 9.72 Å². The van der Waals surface area contributed by atoms with E-state index in [0.717, 1.165) is 42.0 Å². The molecule has 0 radical (unpaired) electrons. The van der Waals surface area contributed by atoms with Gasteiger partial charge in [-0.15, -0.1) is 0 Å². The molecule has 0 saturated heterocycles. The molecule has 0 bridgehead atoms. The molecule has 0 aliphatic rings. The third kappa shape index (κ3) is 5.48. The summed E-state index contributed by atoms with van der Waals surface area (Å²) in [6.45, 7) is 8.07. The second kappa shape index (κ2) is 10.1. The molecule has 3 aromatic carbocycles. The first-order valence-corrected chi connectivity index (χ1v) is 11.8. The molecule has 5 nitrogen and oxygen atoms in total. The maximum absolute atomic E-state index is 12.4. The van der Waals surface area contributed by atoms with Crippen molar-refractivity contribution < 1.29 is 9.53 Å². The van der Waals surface area contributed by atoms with Gasteiger partial charge in [0.25, 0.3) is 5.91 Å². The Kier molecular flexibility index (Phi) is 7.01. The number of aromatic nitrogens is 2. The molecule has 0 spiro atoms. The maximum atomic E-state index is 12.4. The molecule has 0 saturated carbocycles. The molecule has 5 heteroatoms. The van der Waals surface area contributed by atoms with E-state index in [1.165, 1.54) is 11.1 Å². The number of amides is 1. The molecule has 0 fully saturated rings. The van der Waals surface area contributed by atoms with Gasteiger partial charge >= 0.3 is 0 Å². The highest BCUT2D eigenvalue weighted by molar-refractivity contribution is 5.94. The van der Waals surface area contributed by atoms with Crippen LogP contribution in [0.3, 0.4) is 0 Å². The first-order chi connectivity index (χ1) is 16.3. The third-order valence-corrected chi connectivity index (χ3v) is 6.11. The van der Waals surface area contributed by atoms with Crippen molar-refractivity contribution in [3.63, 3.8) is 0 Å². The Labute approximate surface area is 201 Å². The highest BCUT2D eigenvalue weighted by atomic mass is 16.5. The van der Waals surface area contributed by atoms with Crippen LogP contribution in [0.25, 0.3) is 11.0 Å². The summed E-state index contributed by atoms with van der Waals surface area (Å²) < 4.78 is 7.45. The van der Waals surface area contributed by atoms with Crippen LogP contribution in [0, 0.1) is 0 Å². The molecule has 4 aromatic rings. The van der Waals surface area contributed by atoms with Gasteiger partial charge in [-0.2, -0.15) is 0 Å². The lowest BCUT2D eigenvalue weighted by atomic mass is 9.87. The van der Waals surface area contributed by atoms with Gasteiger partial charge in [0.05, 0.1) is 18.1 Å². The fourth-order valence-electron chi connectivity index (χ4n) is 4.08. The van der Waals surface area contributed by atoms with E-state index in [1.54, 1.807) is 31.4 Å². The largest absolute Gasteiger partial charge is 0.497 e. The number of aryl methyl sites for hydroxylation is 1. The summed E-state index contributed by atoms with van der Waals surface area (Å²) in [4.78, 5) is 17.3. The SMILES string of the molecule is COc1ccc(C(=O)NCCCc2nc3ccccc3n2Cc2ccc(C(C)(C)C)cc2)cc1. The summed E-state index contributed by atoms with van der Waals surface area (Å²) in [7, 11) is 1.61. The summed E-state index contributed by atoms with van der Waals surface area (Å²) in [5.41, 5.74) is 5.50. The highest BCUT2D eigenvalue weighted by Gasteiger charge is 2.15. The van der Waals surface area contributed by atoms with Crippen LogP contribution in [0.1, 0.15) is 54.5 Å². The maximum Gasteiger partial charge on any atom is 0.251 e. The summed E-state index contributed by atoms with van der Waals surface area (Å²) >= 11 is 0. The first-order valence-electron chi connectivity index (χ1n) is 11.8. The molecule has 0 aliphatic carbocycles. The van der Waals surface area contributed by atoms with Gasteiger partial charge in [-0.1, -0.05) is 57.2 Å². The Morgan fingerprint density at radius 2 is 1.68 bits per heavy atom. The fraction of sp³-hybridized carbons (Fsp3) is 0.310. The van der Waals surface area contributed by atoms with Gasteiger partial charge in [0.2, 0.25) is 0 Å². The standard InChI is InChI=1S/C29H33N3O2/c1-29(2,3)23-15-11-21(12-16-23)20-32-26-9-6-5-8-25(26)31-27(32)10-7-19-30-28(33)22-13-17-24(34-4)18-14-22/h5-6,8-9,11-18H,7,10,19-20H2,1-4H3,(H,30,33). The lowest BCUT2D eigenvalue weighted by Gasteiger charge is -2.19. The molecule has 1 N–H and O–H groups in total. The molecule has 0 atom stereocenters. The fourth-order valence-corrected chi connectivity index (χ4v) is 4.08. The minimum Gasteiger partial charge on any atom is -0.497 e. The van der Waals surface area contributed by atoms with Gasteiger partial charge in [-0.3, -0.25) is 4.79 Å². The van der Waals surface area contributed by atoms with Crippen LogP contribution in [0.4, 0.5) is 0 Å². The molecule has 1 amide bonds. The van der Waals surface area contributed by atoms with E-state index >= 15 is 0 Å². The minimum absolute atomic E-state index is 0.0740. The average Bonchev–Trinajstić information content (AvgIpc) is 3.18. The van der Waals surface area contributed by atoms with Crippen LogP contribution in [0.2, 0.25) is 0 Å². The van der Waals surface area contributed by atoms with E-state index < -0.39 is 0 Å². The predicted octanol–water partition coefficient (Wildman–Crippen LogP) is 5.75. The number of fused-ring (bicyclic) bond motifs is 1. The lowest BCUT2D eigenvalue weighted by Crippen LogP contribution is -2.25. The summed E-state index contributed by atoms with van der Waals surface area (Å²) in [6, 6.07) is 24.3. The van der Waals surface area contributed by atoms with Crippen molar-refractivity contribution in [3.8, 4) is 5.75 Å². The number of carbonyl (C=O) groups excluding carboxylic acids is 1. The van der Waals surface area contributed by atoms with Gasteiger partial charge in [0, 0.05) is 25.1 Å². The quantitative estimate of drug-likeness (QED) is 0.344. The Hall–Kier alpha value is -3.60. The molecule has 0 unspecified atom stereocenters. The average molecular weight is 456 g/mol. The summed E-state index contributed by atoms with van der Waals surface area (Å²) in [6.07, 6.45) is 1.60. The van der Waals surface area contributed by atoms with E-state index in [9.17, 15) is 4.79 Å². The Morgan fingerprint density at radius 3 is 2.35 bits per heavy atom. The van der Waals surface area contributed by atoms with E-state index in [1.807, 2.05) is 6.07 Å². The zero-order valence-corrected chi connectivity index (χ0v) is 20.5. The van der Waals surface area contributed by atoms with E-state index in [-0.39, 0.29) is 11.3 Å². The number of methoxy groups -OCH3 is 1. The number of para-hydroxylation sites is 2. The van der Waals surface area contributed by atoms with Gasteiger partial charge in [0.1, 0.15) is 11.6 Å². The number of nitrogens with one attached hydrogen (secondary N) is 1. The van der Waals surface area contributed by atoms with Gasteiger partial charge in [-0.25, -0.2) is 4.98 Å². The van der Waals surface area contributed by atoms with Gasteiger partial charge in [-0.05, 0) is 59.4 Å². The Balaban J connectivity index is 1.43. The van der Waals surface area contributed by atoms with Crippen molar-refractivity contribution in [1.29, 1.82) is 0 Å². The number of benzene rings is 3. The second-order valence-electron chi connectivity index (χ2n) is 9.64. The van der Waals surface area contributed by atoms with Crippen molar-refractivity contribution in [1.82, 2.24) is 14.9 Å². The molecule has 1 aromatic heterocycles. The smallest absolute Gasteiger partial charge is 0.251 e. The number of rotatable bonds is 8. The minimum atomic E-state index is -0.0740. The van der Waals surface area contributed by atoms with E-state index in [2.05, 4.69) is 73.1 Å². The summed E-state index contributed by atoms with van der Waals surface area (Å²) in [5, 5.41) is 3.01. The molecule has 1 heterocycles. The van der Waals surface area contributed by atoms with E-state index in [0.29, 0.717) is 12.1 Å². The Morgan fingerprint density at radius 1 is 0.971 bits per heavy atom. The number of ether oxygens (including phenoxy) is 1. The third-order valence-electron chi connectivity index (χ3n) is 6.11. The van der Waals surface area contributed by atoms with Crippen molar-refractivity contribution in [3.05, 3.63) is 95.3 Å². The van der Waals surface area contributed by atoms with Crippen LogP contribution in [0.5, 0.6) is 5.75 Å². The van der Waals surface area contributed by atoms with Crippen LogP contribution in [-0.4, -0.2) is 29.1 Å². The van der Waals surface area contributed by atoms with Crippen molar-refractivity contribution in [2.45, 2.75) is 45.6 Å². The molecule has 0 aliphatic heterocycles. The Bertz CT molecular complexity index is 1250. The van der Waals surface area contributed by atoms with Crippen LogP contribution in [-0.2, 0) is 18.4 Å². The zero-order chi connectivity index (χ0) is 24.1. The number of hydrogen-bond donors (Lipinski definition) is 1. The molecule has 34 heavy (non-hydrogen) atoms.